The van der Waals surface area contributed by atoms with E-state index in [1.54, 1.807) is 0 Å². The number of nitriles is 1. The SMILES string of the molecule is CC(C)CNC1(C#N)CCC2(CCCC2)CC1. The second-order valence-electron chi connectivity index (χ2n) is 6.68. The van der Waals surface area contributed by atoms with E-state index in [1.807, 2.05) is 0 Å². The Morgan fingerprint density at radius 3 is 2.12 bits per heavy atom. The van der Waals surface area contributed by atoms with Crippen LogP contribution in [-0.2, 0) is 0 Å². The lowest BCUT2D eigenvalue weighted by Gasteiger charge is -2.42. The van der Waals surface area contributed by atoms with Gasteiger partial charge in [-0.25, -0.2) is 0 Å². The van der Waals surface area contributed by atoms with Crippen LogP contribution in [0.1, 0.15) is 65.2 Å². The van der Waals surface area contributed by atoms with E-state index in [1.165, 1.54) is 38.5 Å². The first-order valence-corrected chi connectivity index (χ1v) is 7.26. The summed E-state index contributed by atoms with van der Waals surface area (Å²) in [6, 6.07) is 2.57. The van der Waals surface area contributed by atoms with E-state index in [-0.39, 0.29) is 5.54 Å². The summed E-state index contributed by atoms with van der Waals surface area (Å²) in [6.45, 7) is 5.39. The summed E-state index contributed by atoms with van der Waals surface area (Å²) in [6.07, 6.45) is 10.3. The van der Waals surface area contributed by atoms with Crippen molar-refractivity contribution in [3.63, 3.8) is 0 Å². The Labute approximate surface area is 106 Å². The Bertz CT molecular complexity index is 285. The minimum atomic E-state index is -0.210. The Morgan fingerprint density at radius 2 is 1.65 bits per heavy atom. The number of nitrogens with zero attached hydrogens (tertiary/aromatic N) is 1. The van der Waals surface area contributed by atoms with E-state index in [4.69, 9.17) is 0 Å². The van der Waals surface area contributed by atoms with Crippen LogP contribution in [0.15, 0.2) is 0 Å². The second-order valence-corrected chi connectivity index (χ2v) is 6.68. The first-order valence-electron chi connectivity index (χ1n) is 7.26. The lowest BCUT2D eigenvalue weighted by atomic mass is 9.67. The van der Waals surface area contributed by atoms with Crippen LogP contribution in [0.3, 0.4) is 0 Å². The first-order chi connectivity index (χ1) is 8.10. The van der Waals surface area contributed by atoms with E-state index in [0.29, 0.717) is 11.3 Å². The third kappa shape index (κ3) is 2.83. The highest BCUT2D eigenvalue weighted by Crippen LogP contribution is 2.51. The van der Waals surface area contributed by atoms with Crippen molar-refractivity contribution in [1.29, 1.82) is 5.26 Å². The van der Waals surface area contributed by atoms with Crippen molar-refractivity contribution in [3.8, 4) is 6.07 Å². The predicted octanol–water partition coefficient (Wildman–Crippen LogP) is 3.63. The number of hydrogen-bond acceptors (Lipinski definition) is 2. The Morgan fingerprint density at radius 1 is 1.06 bits per heavy atom. The molecule has 0 aromatic rings. The standard InChI is InChI=1S/C15H26N2/c1-13(2)11-17-15(12-16)9-7-14(8-10-15)5-3-4-6-14/h13,17H,3-11H2,1-2H3. The van der Waals surface area contributed by atoms with Crippen molar-refractivity contribution in [2.75, 3.05) is 6.54 Å². The molecule has 1 spiro atoms. The highest BCUT2D eigenvalue weighted by atomic mass is 15.0. The molecule has 2 aliphatic rings. The molecule has 2 heteroatoms. The maximum Gasteiger partial charge on any atom is 0.106 e. The van der Waals surface area contributed by atoms with Crippen molar-refractivity contribution < 1.29 is 0 Å². The van der Waals surface area contributed by atoms with Gasteiger partial charge in [0.2, 0.25) is 0 Å². The Balaban J connectivity index is 1.92. The first kappa shape index (κ1) is 12.9. The summed E-state index contributed by atoms with van der Waals surface area (Å²) < 4.78 is 0. The molecule has 2 saturated carbocycles. The highest BCUT2D eigenvalue weighted by Gasteiger charge is 2.43. The van der Waals surface area contributed by atoms with Crippen LogP contribution >= 0.6 is 0 Å². The Kier molecular flexibility index (Phi) is 3.78. The lowest BCUT2D eigenvalue weighted by Crippen LogP contribution is -2.49. The molecular weight excluding hydrogens is 208 g/mol. The molecule has 0 aromatic carbocycles. The fourth-order valence-corrected chi connectivity index (χ4v) is 3.56. The highest BCUT2D eigenvalue weighted by molar-refractivity contribution is 5.11. The zero-order valence-corrected chi connectivity index (χ0v) is 11.4. The van der Waals surface area contributed by atoms with Gasteiger partial charge in [0, 0.05) is 0 Å². The van der Waals surface area contributed by atoms with Crippen LogP contribution in [0.5, 0.6) is 0 Å². The molecule has 2 rings (SSSR count). The maximum absolute atomic E-state index is 9.47. The fraction of sp³-hybridized carbons (Fsp3) is 0.933. The monoisotopic (exact) mass is 234 g/mol. The van der Waals surface area contributed by atoms with Gasteiger partial charge in [-0.15, -0.1) is 0 Å². The van der Waals surface area contributed by atoms with E-state index in [9.17, 15) is 5.26 Å². The predicted molar refractivity (Wildman–Crippen MR) is 70.6 cm³/mol. The van der Waals surface area contributed by atoms with Crippen molar-refractivity contribution in [1.82, 2.24) is 5.32 Å². The van der Waals surface area contributed by atoms with Crippen LogP contribution < -0.4 is 5.32 Å². The van der Waals surface area contributed by atoms with E-state index >= 15 is 0 Å². The van der Waals surface area contributed by atoms with Crippen LogP contribution in [0.4, 0.5) is 0 Å². The molecular formula is C15H26N2. The summed E-state index contributed by atoms with van der Waals surface area (Å²) in [7, 11) is 0. The molecule has 0 bridgehead atoms. The van der Waals surface area contributed by atoms with Gasteiger partial charge in [-0.05, 0) is 56.4 Å². The minimum absolute atomic E-state index is 0.210. The molecule has 2 nitrogen and oxygen atoms in total. The summed E-state index contributed by atoms with van der Waals surface area (Å²) in [5.74, 6) is 0.627. The van der Waals surface area contributed by atoms with Crippen molar-refractivity contribution in [2.45, 2.75) is 70.8 Å². The van der Waals surface area contributed by atoms with Crippen molar-refractivity contribution in [3.05, 3.63) is 0 Å². The number of nitrogens with one attached hydrogen (secondary N) is 1. The molecule has 0 heterocycles. The molecule has 0 amide bonds. The summed E-state index contributed by atoms with van der Waals surface area (Å²) in [5.41, 5.74) is 0.415. The van der Waals surface area contributed by atoms with E-state index in [0.717, 1.165) is 19.4 Å². The van der Waals surface area contributed by atoms with Gasteiger partial charge in [0.25, 0.3) is 0 Å². The molecule has 96 valence electrons. The van der Waals surface area contributed by atoms with Gasteiger partial charge in [0.15, 0.2) is 0 Å². The maximum atomic E-state index is 9.47. The molecule has 2 fully saturated rings. The van der Waals surface area contributed by atoms with Crippen molar-refractivity contribution >= 4 is 0 Å². The third-order valence-electron chi connectivity index (χ3n) is 4.89. The second kappa shape index (κ2) is 4.98. The van der Waals surface area contributed by atoms with Crippen LogP contribution in [-0.4, -0.2) is 12.1 Å². The summed E-state index contributed by atoms with van der Waals surface area (Å²) in [4.78, 5) is 0. The third-order valence-corrected chi connectivity index (χ3v) is 4.89. The topological polar surface area (TPSA) is 35.8 Å². The van der Waals surface area contributed by atoms with Crippen molar-refractivity contribution in [2.24, 2.45) is 11.3 Å². The van der Waals surface area contributed by atoms with Crippen LogP contribution in [0, 0.1) is 22.7 Å². The molecule has 0 radical (unpaired) electrons. The number of rotatable bonds is 3. The number of hydrogen-bond donors (Lipinski definition) is 1. The largest absolute Gasteiger partial charge is 0.299 e. The smallest absolute Gasteiger partial charge is 0.106 e. The fourth-order valence-electron chi connectivity index (χ4n) is 3.56. The molecule has 0 atom stereocenters. The minimum Gasteiger partial charge on any atom is -0.299 e. The molecule has 17 heavy (non-hydrogen) atoms. The van der Waals surface area contributed by atoms with E-state index in [2.05, 4.69) is 25.2 Å². The van der Waals surface area contributed by atoms with Gasteiger partial charge in [0.1, 0.15) is 5.54 Å². The lowest BCUT2D eigenvalue weighted by molar-refractivity contribution is 0.138. The Hall–Kier alpha value is -0.550. The zero-order valence-electron chi connectivity index (χ0n) is 11.4. The van der Waals surface area contributed by atoms with E-state index < -0.39 is 0 Å². The summed E-state index contributed by atoms with van der Waals surface area (Å²) in [5, 5.41) is 13.0. The summed E-state index contributed by atoms with van der Waals surface area (Å²) >= 11 is 0. The molecule has 0 unspecified atom stereocenters. The molecule has 0 aliphatic heterocycles. The average Bonchev–Trinajstić information content (AvgIpc) is 2.78. The average molecular weight is 234 g/mol. The van der Waals surface area contributed by atoms with Gasteiger partial charge in [-0.3, -0.25) is 5.32 Å². The van der Waals surface area contributed by atoms with Gasteiger partial charge in [-0.2, -0.15) is 5.26 Å². The zero-order chi connectivity index (χ0) is 12.4. The normalized spacial score (nSPS) is 26.2. The van der Waals surface area contributed by atoms with Gasteiger partial charge < -0.3 is 0 Å². The van der Waals surface area contributed by atoms with Crippen LogP contribution in [0.25, 0.3) is 0 Å². The quantitative estimate of drug-likeness (QED) is 0.809. The van der Waals surface area contributed by atoms with Crippen LogP contribution in [0.2, 0.25) is 0 Å². The molecule has 0 saturated heterocycles. The van der Waals surface area contributed by atoms with Gasteiger partial charge in [-0.1, -0.05) is 26.7 Å². The van der Waals surface area contributed by atoms with Gasteiger partial charge >= 0.3 is 0 Å². The van der Waals surface area contributed by atoms with Gasteiger partial charge in [0.05, 0.1) is 6.07 Å². The molecule has 2 aliphatic carbocycles. The molecule has 0 aromatic heterocycles. The molecule has 1 N–H and O–H groups in total.